The van der Waals surface area contributed by atoms with Crippen molar-refractivity contribution in [2.24, 2.45) is 7.05 Å². The molecule has 0 aromatic carbocycles. The highest BCUT2D eigenvalue weighted by Gasteiger charge is 2.16. The molecule has 6 heteroatoms. The van der Waals surface area contributed by atoms with Gasteiger partial charge in [0, 0.05) is 13.1 Å². The number of aromatic hydroxyl groups is 1. The predicted molar refractivity (Wildman–Crippen MR) is 58.5 cm³/mol. The van der Waals surface area contributed by atoms with E-state index in [0.717, 1.165) is 0 Å². The van der Waals surface area contributed by atoms with E-state index >= 15 is 0 Å². The standard InChI is InChI=1S/C10H8ClN3O2/c1-14-10(11)6(5-15)9(13-14)7-3-2-4-8(16)12-7/h2-5H,1H3,(H,12,16). The summed E-state index contributed by atoms with van der Waals surface area (Å²) in [5.41, 5.74) is 1.03. The Morgan fingerprint density at radius 3 is 2.88 bits per heavy atom. The second-order valence-corrected chi connectivity index (χ2v) is 3.53. The second-order valence-electron chi connectivity index (χ2n) is 3.18. The lowest BCUT2D eigenvalue weighted by atomic mass is 10.2. The average Bonchev–Trinajstić information content (AvgIpc) is 2.55. The molecule has 0 aliphatic carbocycles. The van der Waals surface area contributed by atoms with Crippen molar-refractivity contribution in [2.75, 3.05) is 0 Å². The van der Waals surface area contributed by atoms with Crippen LogP contribution in [-0.2, 0) is 7.05 Å². The van der Waals surface area contributed by atoms with Gasteiger partial charge in [-0.3, -0.25) is 9.48 Å². The summed E-state index contributed by atoms with van der Waals surface area (Å²) in [7, 11) is 1.63. The lowest BCUT2D eigenvalue weighted by Gasteiger charge is -1.97. The number of carbonyl (C=O) groups is 1. The molecule has 5 nitrogen and oxygen atoms in total. The number of nitrogens with zero attached hydrogens (tertiary/aromatic N) is 3. The maximum Gasteiger partial charge on any atom is 0.211 e. The third-order valence-electron chi connectivity index (χ3n) is 2.11. The fraction of sp³-hybridized carbons (Fsp3) is 0.100. The Morgan fingerprint density at radius 2 is 2.25 bits per heavy atom. The van der Waals surface area contributed by atoms with Crippen LogP contribution < -0.4 is 0 Å². The molecule has 0 atom stereocenters. The molecule has 2 rings (SSSR count). The molecule has 0 spiro atoms. The zero-order chi connectivity index (χ0) is 11.7. The van der Waals surface area contributed by atoms with Crippen molar-refractivity contribution in [3.05, 3.63) is 28.9 Å². The lowest BCUT2D eigenvalue weighted by molar-refractivity contribution is 0.112. The van der Waals surface area contributed by atoms with Gasteiger partial charge in [-0.2, -0.15) is 5.10 Å². The van der Waals surface area contributed by atoms with Crippen LogP contribution in [0, 0.1) is 0 Å². The first kappa shape index (κ1) is 10.6. The number of halogens is 1. The molecule has 0 bridgehead atoms. The van der Waals surface area contributed by atoms with Crippen molar-refractivity contribution in [3.63, 3.8) is 0 Å². The molecule has 1 N–H and O–H groups in total. The number of pyridine rings is 1. The Hall–Kier alpha value is -1.88. The van der Waals surface area contributed by atoms with Gasteiger partial charge in [0.05, 0.1) is 11.3 Å². The third-order valence-corrected chi connectivity index (χ3v) is 2.55. The summed E-state index contributed by atoms with van der Waals surface area (Å²) < 4.78 is 1.38. The molecule has 0 fully saturated rings. The minimum atomic E-state index is -0.129. The second kappa shape index (κ2) is 3.94. The van der Waals surface area contributed by atoms with E-state index in [0.29, 0.717) is 17.7 Å². The summed E-state index contributed by atoms with van der Waals surface area (Å²) in [6.45, 7) is 0. The molecule has 0 unspecified atom stereocenters. The van der Waals surface area contributed by atoms with Crippen LogP contribution in [-0.4, -0.2) is 26.2 Å². The summed E-state index contributed by atoms with van der Waals surface area (Å²) >= 11 is 5.88. The Bertz CT molecular complexity index is 551. The van der Waals surface area contributed by atoms with E-state index in [4.69, 9.17) is 11.6 Å². The Labute approximate surface area is 96.3 Å². The van der Waals surface area contributed by atoms with E-state index < -0.39 is 0 Å². The summed E-state index contributed by atoms with van der Waals surface area (Å²) in [4.78, 5) is 14.8. The summed E-state index contributed by atoms with van der Waals surface area (Å²) in [6.07, 6.45) is 0.621. The van der Waals surface area contributed by atoms with E-state index in [1.54, 1.807) is 19.2 Å². The van der Waals surface area contributed by atoms with Gasteiger partial charge in [-0.25, -0.2) is 4.98 Å². The number of rotatable bonds is 2. The topological polar surface area (TPSA) is 68.0 Å². The number of hydrogen-bond acceptors (Lipinski definition) is 4. The highest BCUT2D eigenvalue weighted by atomic mass is 35.5. The van der Waals surface area contributed by atoms with Crippen LogP contribution in [0.2, 0.25) is 5.15 Å². The van der Waals surface area contributed by atoms with Gasteiger partial charge >= 0.3 is 0 Å². The minimum Gasteiger partial charge on any atom is -0.493 e. The number of aromatic nitrogens is 3. The maximum atomic E-state index is 10.9. The Morgan fingerprint density at radius 1 is 1.50 bits per heavy atom. The molecule has 2 heterocycles. The minimum absolute atomic E-state index is 0.129. The van der Waals surface area contributed by atoms with E-state index in [1.807, 2.05) is 0 Å². The normalized spacial score (nSPS) is 10.4. The molecule has 0 saturated heterocycles. The van der Waals surface area contributed by atoms with Crippen LogP contribution in [0.4, 0.5) is 0 Å². The van der Waals surface area contributed by atoms with Crippen molar-refractivity contribution in [1.82, 2.24) is 14.8 Å². The first-order chi connectivity index (χ1) is 7.63. The van der Waals surface area contributed by atoms with Gasteiger partial charge in [-0.1, -0.05) is 17.7 Å². The molecule has 0 saturated carbocycles. The van der Waals surface area contributed by atoms with Gasteiger partial charge in [0.1, 0.15) is 10.8 Å². The fourth-order valence-electron chi connectivity index (χ4n) is 1.37. The fourth-order valence-corrected chi connectivity index (χ4v) is 1.54. The van der Waals surface area contributed by atoms with Gasteiger partial charge in [0.15, 0.2) is 6.29 Å². The van der Waals surface area contributed by atoms with Gasteiger partial charge in [-0.15, -0.1) is 0 Å². The van der Waals surface area contributed by atoms with Crippen molar-refractivity contribution < 1.29 is 9.90 Å². The molecule has 0 aliphatic rings. The van der Waals surface area contributed by atoms with Crippen LogP contribution in [0.1, 0.15) is 10.4 Å². The molecule has 2 aromatic heterocycles. The third kappa shape index (κ3) is 1.65. The zero-order valence-electron chi connectivity index (χ0n) is 8.38. The quantitative estimate of drug-likeness (QED) is 0.807. The average molecular weight is 238 g/mol. The molecular formula is C10H8ClN3O2. The highest BCUT2D eigenvalue weighted by Crippen LogP contribution is 2.26. The largest absolute Gasteiger partial charge is 0.493 e. The van der Waals surface area contributed by atoms with Gasteiger partial charge in [0.2, 0.25) is 5.88 Å². The number of aldehydes is 1. The first-order valence-corrected chi connectivity index (χ1v) is 4.85. The monoisotopic (exact) mass is 237 g/mol. The van der Waals surface area contributed by atoms with Crippen molar-refractivity contribution in [3.8, 4) is 17.3 Å². The zero-order valence-corrected chi connectivity index (χ0v) is 9.14. The van der Waals surface area contributed by atoms with Crippen LogP contribution in [0.3, 0.4) is 0 Å². The SMILES string of the molecule is Cn1nc(-c2cccc(O)n2)c(C=O)c1Cl. The Balaban J connectivity index is 2.64. The smallest absolute Gasteiger partial charge is 0.211 e. The van der Waals surface area contributed by atoms with E-state index in [9.17, 15) is 9.90 Å². The van der Waals surface area contributed by atoms with E-state index in [-0.39, 0.29) is 16.6 Å². The van der Waals surface area contributed by atoms with E-state index in [1.165, 1.54) is 10.7 Å². The molecule has 16 heavy (non-hydrogen) atoms. The van der Waals surface area contributed by atoms with Gasteiger partial charge in [0.25, 0.3) is 0 Å². The van der Waals surface area contributed by atoms with Crippen LogP contribution in [0.5, 0.6) is 5.88 Å². The first-order valence-electron chi connectivity index (χ1n) is 4.47. The highest BCUT2D eigenvalue weighted by molar-refractivity contribution is 6.32. The summed E-state index contributed by atoms with van der Waals surface area (Å²) in [5, 5.41) is 13.6. The Kier molecular flexibility index (Phi) is 2.62. The van der Waals surface area contributed by atoms with Gasteiger partial charge in [-0.05, 0) is 6.07 Å². The van der Waals surface area contributed by atoms with Crippen molar-refractivity contribution >= 4 is 17.9 Å². The molecule has 0 aliphatic heterocycles. The summed E-state index contributed by atoms with van der Waals surface area (Å²) in [6, 6.07) is 4.70. The maximum absolute atomic E-state index is 10.9. The molecule has 0 amide bonds. The van der Waals surface area contributed by atoms with Crippen LogP contribution >= 0.6 is 11.6 Å². The van der Waals surface area contributed by atoms with Crippen molar-refractivity contribution in [2.45, 2.75) is 0 Å². The van der Waals surface area contributed by atoms with Crippen LogP contribution in [0.15, 0.2) is 18.2 Å². The predicted octanol–water partition coefficient (Wildman–Crippen LogP) is 1.65. The summed E-state index contributed by atoms with van der Waals surface area (Å²) in [5.74, 6) is -0.129. The number of hydrogen-bond donors (Lipinski definition) is 1. The molecule has 82 valence electrons. The van der Waals surface area contributed by atoms with Gasteiger partial charge < -0.3 is 5.11 Å². The molecule has 2 aromatic rings. The van der Waals surface area contributed by atoms with E-state index in [2.05, 4.69) is 10.1 Å². The van der Waals surface area contributed by atoms with Crippen LogP contribution in [0.25, 0.3) is 11.4 Å². The molecule has 0 radical (unpaired) electrons. The lowest BCUT2D eigenvalue weighted by Crippen LogP contribution is -1.90. The van der Waals surface area contributed by atoms with Crippen molar-refractivity contribution in [1.29, 1.82) is 0 Å². The molecular weight excluding hydrogens is 230 g/mol. The number of aryl methyl sites for hydroxylation is 1. The number of carbonyl (C=O) groups excluding carboxylic acids is 1.